The third-order valence-corrected chi connectivity index (χ3v) is 5.53. The number of Topliss-reactive ketones (excluding diaryl/α,β-unsaturated/α-hetero) is 1. The van der Waals surface area contributed by atoms with Gasteiger partial charge in [0, 0.05) is 28.9 Å². The summed E-state index contributed by atoms with van der Waals surface area (Å²) in [7, 11) is -3.35. The minimum Gasteiger partial charge on any atom is -0.485 e. The number of ether oxygens (including phenoxy) is 1. The summed E-state index contributed by atoms with van der Waals surface area (Å²) in [5.41, 5.74) is 2.83. The molecule has 0 saturated heterocycles. The summed E-state index contributed by atoms with van der Waals surface area (Å²) in [4.78, 5) is 12.8. The van der Waals surface area contributed by atoms with Crippen molar-refractivity contribution in [2.45, 2.75) is 18.7 Å². The first-order valence-corrected chi connectivity index (χ1v) is 10.5. The number of carbonyl (C=O) groups is 1. The maximum atomic E-state index is 13.2. The number of hydrogen-bond acceptors (Lipinski definition) is 4. The van der Waals surface area contributed by atoms with E-state index in [9.17, 15) is 17.6 Å². The van der Waals surface area contributed by atoms with Crippen LogP contribution in [0.25, 0.3) is 5.69 Å². The fourth-order valence-electron chi connectivity index (χ4n) is 3.05. The summed E-state index contributed by atoms with van der Waals surface area (Å²) in [6, 6.07) is 13.8. The van der Waals surface area contributed by atoms with E-state index in [-0.39, 0.29) is 23.1 Å². The van der Waals surface area contributed by atoms with E-state index in [1.54, 1.807) is 30.3 Å². The molecule has 146 valence electrons. The van der Waals surface area contributed by atoms with Gasteiger partial charge < -0.3 is 9.30 Å². The van der Waals surface area contributed by atoms with Crippen LogP contribution in [0.4, 0.5) is 4.39 Å². The van der Waals surface area contributed by atoms with Gasteiger partial charge in [0.05, 0.1) is 4.90 Å². The van der Waals surface area contributed by atoms with Gasteiger partial charge in [-0.05, 0) is 62.4 Å². The van der Waals surface area contributed by atoms with Crippen LogP contribution in [0.2, 0.25) is 0 Å². The zero-order valence-electron chi connectivity index (χ0n) is 15.8. The topological polar surface area (TPSA) is 65.4 Å². The molecule has 1 heterocycles. The van der Waals surface area contributed by atoms with Gasteiger partial charge in [0.1, 0.15) is 11.6 Å². The zero-order valence-corrected chi connectivity index (χ0v) is 16.6. The molecule has 5 nitrogen and oxygen atoms in total. The maximum absolute atomic E-state index is 13.2. The maximum Gasteiger partial charge on any atom is 0.202 e. The second-order valence-electron chi connectivity index (χ2n) is 6.56. The molecule has 0 unspecified atom stereocenters. The third-order valence-electron chi connectivity index (χ3n) is 4.42. The largest absolute Gasteiger partial charge is 0.485 e. The summed E-state index contributed by atoms with van der Waals surface area (Å²) in [6.45, 7) is 3.46. The second-order valence-corrected chi connectivity index (χ2v) is 8.57. The lowest BCUT2D eigenvalue weighted by molar-refractivity contribution is 0.0920. The normalized spacial score (nSPS) is 11.4. The summed E-state index contributed by atoms with van der Waals surface area (Å²) in [6.07, 6.45) is 1.11. The Balaban J connectivity index is 1.81. The van der Waals surface area contributed by atoms with Crippen molar-refractivity contribution < 1.29 is 22.3 Å². The number of halogens is 1. The van der Waals surface area contributed by atoms with Gasteiger partial charge in [-0.3, -0.25) is 4.79 Å². The van der Waals surface area contributed by atoms with Gasteiger partial charge in [-0.2, -0.15) is 0 Å². The van der Waals surface area contributed by atoms with E-state index in [1.807, 2.05) is 18.4 Å². The van der Waals surface area contributed by atoms with Crippen LogP contribution < -0.4 is 4.74 Å². The van der Waals surface area contributed by atoms with E-state index in [0.717, 1.165) is 23.3 Å². The fraction of sp³-hybridized carbons (Fsp3) is 0.190. The molecule has 28 heavy (non-hydrogen) atoms. The van der Waals surface area contributed by atoms with E-state index < -0.39 is 9.84 Å². The van der Waals surface area contributed by atoms with E-state index in [1.165, 1.54) is 24.3 Å². The van der Waals surface area contributed by atoms with Crippen molar-refractivity contribution in [1.82, 2.24) is 4.57 Å². The van der Waals surface area contributed by atoms with Crippen LogP contribution in [-0.2, 0) is 9.84 Å². The Morgan fingerprint density at radius 2 is 1.75 bits per heavy atom. The van der Waals surface area contributed by atoms with Gasteiger partial charge in [0.15, 0.2) is 16.4 Å². The Labute approximate surface area is 163 Å². The molecule has 3 aromatic rings. The molecular formula is C21H20FNO4S. The molecule has 0 fully saturated rings. The Hall–Kier alpha value is -2.93. The van der Waals surface area contributed by atoms with Crippen LogP contribution in [0.3, 0.4) is 0 Å². The molecule has 0 radical (unpaired) electrons. The Kier molecular flexibility index (Phi) is 5.38. The number of carbonyl (C=O) groups excluding carboxylic acids is 1. The van der Waals surface area contributed by atoms with Crippen molar-refractivity contribution in [3.8, 4) is 11.4 Å². The van der Waals surface area contributed by atoms with E-state index >= 15 is 0 Å². The van der Waals surface area contributed by atoms with Crippen molar-refractivity contribution in [1.29, 1.82) is 0 Å². The zero-order chi connectivity index (χ0) is 20.5. The number of ketones is 1. The highest BCUT2D eigenvalue weighted by Crippen LogP contribution is 2.22. The summed E-state index contributed by atoms with van der Waals surface area (Å²) in [5.74, 6) is -0.248. The van der Waals surface area contributed by atoms with Crippen LogP contribution in [0.15, 0.2) is 59.5 Å². The summed E-state index contributed by atoms with van der Waals surface area (Å²) in [5, 5.41) is 0. The Morgan fingerprint density at radius 1 is 1.07 bits per heavy atom. The average Bonchev–Trinajstić information content (AvgIpc) is 2.94. The number of benzene rings is 2. The number of aryl methyl sites for hydroxylation is 1. The van der Waals surface area contributed by atoms with Gasteiger partial charge in [0.2, 0.25) is 5.78 Å². The van der Waals surface area contributed by atoms with Gasteiger partial charge in [-0.15, -0.1) is 0 Å². The van der Waals surface area contributed by atoms with Gasteiger partial charge >= 0.3 is 0 Å². The lowest BCUT2D eigenvalue weighted by atomic mass is 10.1. The summed E-state index contributed by atoms with van der Waals surface area (Å²) >= 11 is 0. The minimum atomic E-state index is -3.35. The average molecular weight is 401 g/mol. The monoisotopic (exact) mass is 401 g/mol. The van der Waals surface area contributed by atoms with Crippen LogP contribution >= 0.6 is 0 Å². The molecule has 0 spiro atoms. The lowest BCUT2D eigenvalue weighted by Gasteiger charge is -2.10. The Bertz CT molecular complexity index is 1130. The molecule has 0 saturated carbocycles. The van der Waals surface area contributed by atoms with Gasteiger partial charge in [0.25, 0.3) is 0 Å². The van der Waals surface area contributed by atoms with E-state index in [0.29, 0.717) is 11.3 Å². The predicted molar refractivity (Wildman–Crippen MR) is 105 cm³/mol. The molecule has 3 rings (SSSR count). The first-order chi connectivity index (χ1) is 13.2. The van der Waals surface area contributed by atoms with Crippen molar-refractivity contribution in [2.24, 2.45) is 0 Å². The molecule has 2 aromatic carbocycles. The Morgan fingerprint density at radius 3 is 2.39 bits per heavy atom. The fourth-order valence-corrected chi connectivity index (χ4v) is 3.71. The number of sulfone groups is 1. The molecule has 0 aliphatic rings. The number of aromatic nitrogens is 1. The van der Waals surface area contributed by atoms with Gasteiger partial charge in [-0.1, -0.05) is 6.07 Å². The number of hydrogen-bond donors (Lipinski definition) is 0. The number of nitrogens with zero attached hydrogens (tertiary/aromatic N) is 1. The molecule has 0 aliphatic heterocycles. The smallest absolute Gasteiger partial charge is 0.202 e. The van der Waals surface area contributed by atoms with Crippen molar-refractivity contribution in [3.63, 3.8) is 0 Å². The van der Waals surface area contributed by atoms with Crippen LogP contribution in [-0.4, -0.2) is 31.6 Å². The molecule has 0 amide bonds. The number of rotatable bonds is 6. The summed E-state index contributed by atoms with van der Waals surface area (Å²) < 4.78 is 43.8. The molecule has 1 aromatic heterocycles. The van der Waals surface area contributed by atoms with Crippen LogP contribution in [0.1, 0.15) is 21.7 Å². The first-order valence-electron chi connectivity index (χ1n) is 8.58. The molecule has 0 N–H and O–H groups in total. The highest BCUT2D eigenvalue weighted by molar-refractivity contribution is 7.90. The predicted octanol–water partition coefficient (Wildman–Crippen LogP) is 3.90. The quantitative estimate of drug-likeness (QED) is 0.588. The van der Waals surface area contributed by atoms with Crippen molar-refractivity contribution >= 4 is 15.6 Å². The van der Waals surface area contributed by atoms with Crippen LogP contribution in [0, 0.1) is 19.7 Å². The highest BCUT2D eigenvalue weighted by Gasteiger charge is 2.17. The van der Waals surface area contributed by atoms with E-state index in [4.69, 9.17) is 4.74 Å². The van der Waals surface area contributed by atoms with Crippen molar-refractivity contribution in [2.75, 3.05) is 12.9 Å². The minimum absolute atomic E-state index is 0.131. The first kappa shape index (κ1) is 19.8. The van der Waals surface area contributed by atoms with E-state index in [2.05, 4.69) is 0 Å². The van der Waals surface area contributed by atoms with Crippen LogP contribution in [0.5, 0.6) is 5.75 Å². The standard InChI is InChI=1S/C21H20FNO4S/c1-14-11-20(15(2)23(14)17-9-7-16(22)8-10-17)21(24)13-27-18-5-4-6-19(12-18)28(3,25)26/h4-12H,13H2,1-3H3. The lowest BCUT2D eigenvalue weighted by Crippen LogP contribution is -2.13. The molecule has 0 atom stereocenters. The highest BCUT2D eigenvalue weighted by atomic mass is 32.2. The molecule has 7 heteroatoms. The second kappa shape index (κ2) is 7.59. The molecular weight excluding hydrogens is 381 g/mol. The van der Waals surface area contributed by atoms with Crippen molar-refractivity contribution in [3.05, 3.63) is 77.4 Å². The molecule has 0 aliphatic carbocycles. The third kappa shape index (κ3) is 4.14. The molecule has 0 bridgehead atoms. The van der Waals surface area contributed by atoms with Gasteiger partial charge in [-0.25, -0.2) is 12.8 Å². The SMILES string of the molecule is Cc1cc(C(=O)COc2cccc(S(C)(=O)=O)c2)c(C)n1-c1ccc(F)cc1.